The molecule has 1 saturated heterocycles. The summed E-state index contributed by atoms with van der Waals surface area (Å²) >= 11 is 0. The molecule has 0 aliphatic carbocycles. The molecule has 3 rings (SSSR count). The predicted molar refractivity (Wildman–Crippen MR) is 73.0 cm³/mol. The van der Waals surface area contributed by atoms with Gasteiger partial charge in [0.2, 0.25) is 0 Å². The maximum atomic E-state index is 5.96. The van der Waals surface area contributed by atoms with E-state index in [-0.39, 0.29) is 0 Å². The predicted octanol–water partition coefficient (Wildman–Crippen LogP) is 3.24. The van der Waals surface area contributed by atoms with Gasteiger partial charge in [-0.05, 0) is 49.2 Å². The molecule has 92 valence electrons. The second kappa shape index (κ2) is 5.23. The Bertz CT molecular complexity index is 506. The lowest BCUT2D eigenvalue weighted by Gasteiger charge is -2.27. The molecule has 0 unspecified atom stereocenters. The van der Waals surface area contributed by atoms with E-state index >= 15 is 0 Å². The molecule has 0 amide bonds. The molecular formula is C16H17NO. The van der Waals surface area contributed by atoms with Crippen molar-refractivity contribution in [2.24, 2.45) is 5.92 Å². The first-order chi connectivity index (χ1) is 8.92. The number of rotatable bonds is 4. The van der Waals surface area contributed by atoms with Crippen LogP contribution in [-0.2, 0) is 6.42 Å². The van der Waals surface area contributed by atoms with Crippen molar-refractivity contribution in [3.63, 3.8) is 0 Å². The van der Waals surface area contributed by atoms with Crippen LogP contribution in [0.1, 0.15) is 5.56 Å². The van der Waals surface area contributed by atoms with E-state index in [4.69, 9.17) is 4.74 Å². The van der Waals surface area contributed by atoms with Crippen molar-refractivity contribution in [3.05, 3.63) is 60.2 Å². The fourth-order valence-electron chi connectivity index (χ4n) is 2.19. The third-order valence-electron chi connectivity index (χ3n) is 3.32. The lowest BCUT2D eigenvalue weighted by Crippen LogP contribution is -2.43. The topological polar surface area (TPSA) is 21.3 Å². The largest absolute Gasteiger partial charge is 0.457 e. The van der Waals surface area contributed by atoms with Crippen LogP contribution >= 0.6 is 0 Å². The van der Waals surface area contributed by atoms with Crippen molar-refractivity contribution in [2.45, 2.75) is 6.42 Å². The molecule has 2 nitrogen and oxygen atoms in total. The van der Waals surface area contributed by atoms with Crippen LogP contribution in [0.2, 0.25) is 0 Å². The standard InChI is InChI=1S/C16H17NO/c1-2-7-15(8-3-1)18-16-9-5-4-6-14(16)10-13-11-17-12-13/h1-9,13,17H,10-12H2. The van der Waals surface area contributed by atoms with Gasteiger partial charge in [-0.1, -0.05) is 36.4 Å². The second-order valence-corrected chi connectivity index (χ2v) is 4.75. The van der Waals surface area contributed by atoms with Gasteiger partial charge in [-0.25, -0.2) is 0 Å². The minimum absolute atomic E-state index is 0.755. The van der Waals surface area contributed by atoms with Crippen LogP contribution in [0.4, 0.5) is 0 Å². The van der Waals surface area contributed by atoms with E-state index in [0.29, 0.717) is 0 Å². The number of nitrogens with one attached hydrogen (secondary N) is 1. The highest BCUT2D eigenvalue weighted by molar-refractivity contribution is 5.38. The van der Waals surface area contributed by atoms with Crippen LogP contribution in [-0.4, -0.2) is 13.1 Å². The number of ether oxygens (including phenoxy) is 1. The van der Waals surface area contributed by atoms with Gasteiger partial charge < -0.3 is 10.1 Å². The van der Waals surface area contributed by atoms with E-state index in [0.717, 1.165) is 36.9 Å². The van der Waals surface area contributed by atoms with Crippen LogP contribution in [0.25, 0.3) is 0 Å². The summed E-state index contributed by atoms with van der Waals surface area (Å²) in [7, 11) is 0. The van der Waals surface area contributed by atoms with Gasteiger partial charge in [0, 0.05) is 0 Å². The maximum Gasteiger partial charge on any atom is 0.130 e. The van der Waals surface area contributed by atoms with Gasteiger partial charge in [0.1, 0.15) is 11.5 Å². The molecule has 2 heteroatoms. The van der Waals surface area contributed by atoms with Crippen molar-refractivity contribution in [1.82, 2.24) is 5.32 Å². The third-order valence-corrected chi connectivity index (χ3v) is 3.32. The van der Waals surface area contributed by atoms with Crippen molar-refractivity contribution in [2.75, 3.05) is 13.1 Å². The summed E-state index contributed by atoms with van der Waals surface area (Å²) in [4.78, 5) is 0. The molecule has 1 heterocycles. The molecule has 2 aromatic rings. The van der Waals surface area contributed by atoms with E-state index in [1.165, 1.54) is 5.56 Å². The molecule has 0 bridgehead atoms. The number of benzene rings is 2. The highest BCUT2D eigenvalue weighted by Crippen LogP contribution is 2.27. The van der Waals surface area contributed by atoms with Gasteiger partial charge in [0.15, 0.2) is 0 Å². The number of para-hydroxylation sites is 2. The molecule has 0 spiro atoms. The summed E-state index contributed by atoms with van der Waals surface area (Å²) in [5.74, 6) is 2.64. The molecule has 1 aliphatic heterocycles. The molecule has 0 aromatic heterocycles. The zero-order chi connectivity index (χ0) is 12.2. The average molecular weight is 239 g/mol. The summed E-state index contributed by atoms with van der Waals surface area (Å²) in [6.07, 6.45) is 1.09. The van der Waals surface area contributed by atoms with E-state index in [1.54, 1.807) is 0 Å². The summed E-state index contributed by atoms with van der Waals surface area (Å²) in [5, 5.41) is 3.31. The molecule has 0 saturated carbocycles. The SMILES string of the molecule is c1ccc(Oc2ccccc2CC2CNC2)cc1. The van der Waals surface area contributed by atoms with Gasteiger partial charge in [0.05, 0.1) is 0 Å². The van der Waals surface area contributed by atoms with Crippen molar-refractivity contribution in [1.29, 1.82) is 0 Å². The van der Waals surface area contributed by atoms with Crippen LogP contribution in [0.5, 0.6) is 11.5 Å². The van der Waals surface area contributed by atoms with E-state index in [1.807, 2.05) is 36.4 Å². The molecular weight excluding hydrogens is 222 g/mol. The Labute approximate surface area is 108 Å². The Morgan fingerprint density at radius 3 is 2.39 bits per heavy atom. The first-order valence-corrected chi connectivity index (χ1v) is 6.43. The highest BCUT2D eigenvalue weighted by atomic mass is 16.5. The van der Waals surface area contributed by atoms with Gasteiger partial charge >= 0.3 is 0 Å². The van der Waals surface area contributed by atoms with Gasteiger partial charge in [0.25, 0.3) is 0 Å². The highest BCUT2D eigenvalue weighted by Gasteiger charge is 2.18. The Kier molecular flexibility index (Phi) is 3.29. The molecule has 0 atom stereocenters. The Balaban J connectivity index is 1.78. The number of hydrogen-bond acceptors (Lipinski definition) is 2. The minimum Gasteiger partial charge on any atom is -0.457 e. The van der Waals surface area contributed by atoms with Crippen LogP contribution in [0, 0.1) is 5.92 Å². The van der Waals surface area contributed by atoms with E-state index in [9.17, 15) is 0 Å². The van der Waals surface area contributed by atoms with Gasteiger partial charge in [-0.2, -0.15) is 0 Å². The molecule has 1 fully saturated rings. The third kappa shape index (κ3) is 2.54. The Morgan fingerprint density at radius 2 is 1.67 bits per heavy atom. The summed E-state index contributed by atoms with van der Waals surface area (Å²) in [6, 6.07) is 18.3. The first-order valence-electron chi connectivity index (χ1n) is 6.43. The van der Waals surface area contributed by atoms with Crippen molar-refractivity contribution in [3.8, 4) is 11.5 Å². The first kappa shape index (κ1) is 11.3. The van der Waals surface area contributed by atoms with Crippen LogP contribution in [0.15, 0.2) is 54.6 Å². The van der Waals surface area contributed by atoms with Crippen molar-refractivity contribution >= 4 is 0 Å². The van der Waals surface area contributed by atoms with Crippen LogP contribution < -0.4 is 10.1 Å². The molecule has 0 radical (unpaired) electrons. The van der Waals surface area contributed by atoms with E-state index in [2.05, 4.69) is 23.5 Å². The fraction of sp³-hybridized carbons (Fsp3) is 0.250. The molecule has 1 aliphatic rings. The van der Waals surface area contributed by atoms with Crippen LogP contribution in [0.3, 0.4) is 0 Å². The summed E-state index contributed by atoms with van der Waals surface area (Å²) in [6.45, 7) is 2.25. The lowest BCUT2D eigenvalue weighted by molar-refractivity contribution is 0.342. The summed E-state index contributed by atoms with van der Waals surface area (Å²) in [5.41, 5.74) is 1.30. The lowest BCUT2D eigenvalue weighted by atomic mass is 9.94. The number of hydrogen-bond donors (Lipinski definition) is 1. The van der Waals surface area contributed by atoms with Crippen molar-refractivity contribution < 1.29 is 4.74 Å². The average Bonchev–Trinajstić information content (AvgIpc) is 2.37. The molecule has 1 N–H and O–H groups in total. The fourth-order valence-corrected chi connectivity index (χ4v) is 2.19. The zero-order valence-corrected chi connectivity index (χ0v) is 10.3. The monoisotopic (exact) mass is 239 g/mol. The van der Waals surface area contributed by atoms with Gasteiger partial charge in [-0.3, -0.25) is 0 Å². The summed E-state index contributed by atoms with van der Waals surface area (Å²) < 4.78 is 5.96. The van der Waals surface area contributed by atoms with E-state index < -0.39 is 0 Å². The zero-order valence-electron chi connectivity index (χ0n) is 10.3. The second-order valence-electron chi connectivity index (χ2n) is 4.75. The Morgan fingerprint density at radius 1 is 0.944 bits per heavy atom. The molecule has 18 heavy (non-hydrogen) atoms. The quantitative estimate of drug-likeness (QED) is 0.884. The minimum atomic E-state index is 0.755. The maximum absolute atomic E-state index is 5.96. The van der Waals surface area contributed by atoms with Gasteiger partial charge in [-0.15, -0.1) is 0 Å². The smallest absolute Gasteiger partial charge is 0.130 e. The normalized spacial score (nSPS) is 15.1. The Hall–Kier alpha value is -1.80. The molecule has 2 aromatic carbocycles.